The average Bonchev–Trinajstić information content (AvgIpc) is 2.09. The van der Waals surface area contributed by atoms with Gasteiger partial charge in [0.1, 0.15) is 5.60 Å². The van der Waals surface area contributed by atoms with Crippen molar-refractivity contribution in [3.8, 4) is 0 Å². The van der Waals surface area contributed by atoms with Crippen LogP contribution in [0.15, 0.2) is 0 Å². The molecule has 0 aliphatic heterocycles. The first-order chi connectivity index (χ1) is 7.33. The highest BCUT2D eigenvalue weighted by Gasteiger charge is 2.39. The molecule has 1 saturated carbocycles. The Hall–Kier alpha value is -1.26. The molecule has 1 amide bonds. The van der Waals surface area contributed by atoms with Crippen molar-refractivity contribution < 1.29 is 19.1 Å². The van der Waals surface area contributed by atoms with Crippen molar-refractivity contribution in [2.45, 2.75) is 45.3 Å². The predicted molar refractivity (Wildman–Crippen MR) is 57.9 cm³/mol. The molecule has 1 fully saturated rings. The molecule has 5 heteroatoms. The summed E-state index contributed by atoms with van der Waals surface area (Å²) in [6.07, 6.45) is 1.07. The molecule has 1 N–H and O–H groups in total. The second kappa shape index (κ2) is 4.72. The van der Waals surface area contributed by atoms with E-state index in [-0.39, 0.29) is 17.9 Å². The SMILES string of the molecule is COC(=O)[C@@H]1CC[C@@H]1NC(=O)OC(C)(C)C. The van der Waals surface area contributed by atoms with Crippen LogP contribution in [0.3, 0.4) is 0 Å². The van der Waals surface area contributed by atoms with Crippen LogP contribution in [0.25, 0.3) is 0 Å². The quantitative estimate of drug-likeness (QED) is 0.728. The summed E-state index contributed by atoms with van der Waals surface area (Å²) in [5.74, 6) is -0.496. The summed E-state index contributed by atoms with van der Waals surface area (Å²) in [6, 6.07) is -0.151. The number of alkyl carbamates (subject to hydrolysis) is 1. The molecule has 0 aromatic heterocycles. The summed E-state index contributed by atoms with van der Waals surface area (Å²) >= 11 is 0. The third-order valence-corrected chi connectivity index (χ3v) is 2.48. The lowest BCUT2D eigenvalue weighted by atomic mass is 9.80. The Kier molecular flexibility index (Phi) is 3.78. The highest BCUT2D eigenvalue weighted by molar-refractivity contribution is 5.76. The van der Waals surface area contributed by atoms with Crippen LogP contribution < -0.4 is 5.32 Å². The fraction of sp³-hybridized carbons (Fsp3) is 0.818. The van der Waals surface area contributed by atoms with Crippen LogP contribution in [-0.4, -0.2) is 30.8 Å². The Morgan fingerprint density at radius 3 is 2.25 bits per heavy atom. The van der Waals surface area contributed by atoms with E-state index in [1.807, 2.05) is 0 Å². The summed E-state index contributed by atoms with van der Waals surface area (Å²) in [6.45, 7) is 5.39. The second-order valence-corrected chi connectivity index (χ2v) is 4.96. The number of rotatable bonds is 2. The monoisotopic (exact) mass is 229 g/mol. The smallest absolute Gasteiger partial charge is 0.407 e. The number of nitrogens with one attached hydrogen (secondary N) is 1. The summed E-state index contributed by atoms with van der Waals surface area (Å²) < 4.78 is 9.74. The lowest BCUT2D eigenvalue weighted by Crippen LogP contribution is -2.51. The zero-order valence-corrected chi connectivity index (χ0v) is 10.2. The van der Waals surface area contributed by atoms with E-state index in [0.29, 0.717) is 0 Å². The van der Waals surface area contributed by atoms with Crippen molar-refractivity contribution in [1.29, 1.82) is 0 Å². The molecule has 1 aliphatic carbocycles. The number of esters is 1. The maximum absolute atomic E-state index is 11.4. The maximum atomic E-state index is 11.4. The summed E-state index contributed by atoms with van der Waals surface area (Å²) in [7, 11) is 1.35. The number of methoxy groups -OCH3 is 1. The van der Waals surface area contributed by atoms with E-state index in [1.165, 1.54) is 7.11 Å². The van der Waals surface area contributed by atoms with Crippen molar-refractivity contribution >= 4 is 12.1 Å². The molecule has 5 nitrogen and oxygen atoms in total. The normalized spacial score (nSPS) is 24.2. The minimum atomic E-state index is -0.519. The first-order valence-electron chi connectivity index (χ1n) is 5.41. The topological polar surface area (TPSA) is 64.6 Å². The molecule has 1 rings (SSSR count). The van der Waals surface area contributed by atoms with Gasteiger partial charge in [0, 0.05) is 6.04 Å². The van der Waals surface area contributed by atoms with E-state index in [4.69, 9.17) is 4.74 Å². The van der Waals surface area contributed by atoms with Crippen molar-refractivity contribution in [2.75, 3.05) is 7.11 Å². The van der Waals surface area contributed by atoms with Crippen molar-refractivity contribution in [2.24, 2.45) is 5.92 Å². The van der Waals surface area contributed by atoms with Gasteiger partial charge in [0.15, 0.2) is 0 Å². The van der Waals surface area contributed by atoms with Gasteiger partial charge in [0.05, 0.1) is 13.0 Å². The van der Waals surface area contributed by atoms with Gasteiger partial charge in [0.2, 0.25) is 0 Å². The molecule has 0 heterocycles. The first kappa shape index (κ1) is 12.8. The molecule has 0 unspecified atom stereocenters. The van der Waals surface area contributed by atoms with E-state index < -0.39 is 11.7 Å². The van der Waals surface area contributed by atoms with E-state index in [0.717, 1.165) is 12.8 Å². The number of ether oxygens (including phenoxy) is 2. The second-order valence-electron chi connectivity index (χ2n) is 4.96. The van der Waals surface area contributed by atoms with Crippen LogP contribution in [0.5, 0.6) is 0 Å². The molecular weight excluding hydrogens is 210 g/mol. The minimum Gasteiger partial charge on any atom is -0.469 e. The van der Waals surface area contributed by atoms with E-state index in [2.05, 4.69) is 10.1 Å². The van der Waals surface area contributed by atoms with Gasteiger partial charge >= 0.3 is 12.1 Å². The summed E-state index contributed by atoms with van der Waals surface area (Å²) in [5, 5.41) is 2.68. The molecule has 2 atom stereocenters. The predicted octanol–water partition coefficient (Wildman–Crippen LogP) is 1.46. The van der Waals surface area contributed by atoms with Crippen LogP contribution in [0, 0.1) is 5.92 Å². The molecule has 1 aliphatic rings. The average molecular weight is 229 g/mol. The van der Waals surface area contributed by atoms with Gasteiger partial charge in [-0.15, -0.1) is 0 Å². The van der Waals surface area contributed by atoms with Gasteiger partial charge in [-0.25, -0.2) is 4.79 Å². The van der Waals surface area contributed by atoms with Crippen LogP contribution in [0.2, 0.25) is 0 Å². The molecule has 16 heavy (non-hydrogen) atoms. The third kappa shape index (κ3) is 3.40. The number of hydrogen-bond donors (Lipinski definition) is 1. The van der Waals surface area contributed by atoms with E-state index in [1.54, 1.807) is 20.8 Å². The Morgan fingerprint density at radius 2 is 1.88 bits per heavy atom. The lowest BCUT2D eigenvalue weighted by Gasteiger charge is -2.35. The summed E-state index contributed by atoms with van der Waals surface area (Å²) in [4.78, 5) is 22.7. The van der Waals surface area contributed by atoms with Crippen molar-refractivity contribution in [3.63, 3.8) is 0 Å². The first-order valence-corrected chi connectivity index (χ1v) is 5.41. The lowest BCUT2D eigenvalue weighted by molar-refractivity contribution is -0.149. The molecule has 0 spiro atoms. The van der Waals surface area contributed by atoms with Crippen LogP contribution in [0.4, 0.5) is 4.79 Å². The van der Waals surface area contributed by atoms with Gasteiger partial charge in [-0.1, -0.05) is 0 Å². The van der Waals surface area contributed by atoms with E-state index in [9.17, 15) is 9.59 Å². The van der Waals surface area contributed by atoms with Gasteiger partial charge in [-0.2, -0.15) is 0 Å². The molecule has 0 aromatic rings. The highest BCUT2D eigenvalue weighted by Crippen LogP contribution is 2.28. The van der Waals surface area contributed by atoms with Crippen LogP contribution in [-0.2, 0) is 14.3 Å². The standard InChI is InChI=1S/C11H19NO4/c1-11(2,3)16-10(14)12-8-6-5-7(8)9(13)15-4/h7-8H,5-6H2,1-4H3,(H,12,14)/t7-,8+/m1/s1. The Morgan fingerprint density at radius 1 is 1.25 bits per heavy atom. The van der Waals surface area contributed by atoms with Crippen molar-refractivity contribution in [1.82, 2.24) is 5.32 Å². The zero-order valence-electron chi connectivity index (χ0n) is 10.2. The Bertz CT molecular complexity index is 282. The van der Waals surface area contributed by atoms with Gasteiger partial charge in [-0.3, -0.25) is 4.79 Å². The Labute approximate surface area is 95.5 Å². The molecule has 0 saturated heterocycles. The molecule has 0 radical (unpaired) electrons. The summed E-state index contributed by atoms with van der Waals surface area (Å²) in [5.41, 5.74) is -0.519. The fourth-order valence-corrected chi connectivity index (χ4v) is 1.57. The van der Waals surface area contributed by atoms with Crippen LogP contribution >= 0.6 is 0 Å². The Balaban J connectivity index is 2.38. The fourth-order valence-electron chi connectivity index (χ4n) is 1.57. The van der Waals surface area contributed by atoms with Gasteiger partial charge in [-0.05, 0) is 33.6 Å². The maximum Gasteiger partial charge on any atom is 0.407 e. The molecule has 0 bridgehead atoms. The number of amides is 1. The number of carbonyl (C=O) groups excluding carboxylic acids is 2. The number of hydrogen-bond acceptors (Lipinski definition) is 4. The van der Waals surface area contributed by atoms with Crippen LogP contribution in [0.1, 0.15) is 33.6 Å². The van der Waals surface area contributed by atoms with Gasteiger partial charge < -0.3 is 14.8 Å². The zero-order chi connectivity index (χ0) is 12.3. The number of carbonyl (C=O) groups is 2. The van der Waals surface area contributed by atoms with E-state index >= 15 is 0 Å². The molecular formula is C11H19NO4. The third-order valence-electron chi connectivity index (χ3n) is 2.48. The van der Waals surface area contributed by atoms with Crippen molar-refractivity contribution in [3.05, 3.63) is 0 Å². The highest BCUT2D eigenvalue weighted by atomic mass is 16.6. The largest absolute Gasteiger partial charge is 0.469 e. The minimum absolute atomic E-state index is 0.151. The van der Waals surface area contributed by atoms with Gasteiger partial charge in [0.25, 0.3) is 0 Å². The molecule has 92 valence electrons. The molecule has 0 aromatic carbocycles.